The molecule has 0 aliphatic rings. The van der Waals surface area contributed by atoms with E-state index in [4.69, 9.17) is 27.9 Å². The molecule has 1 rings (SSSR count). The fourth-order valence-electron chi connectivity index (χ4n) is 1.25. The Morgan fingerprint density at radius 1 is 1.10 bits per heavy atom. The summed E-state index contributed by atoms with van der Waals surface area (Å²) >= 11 is 11.0. The number of nitro groups is 2. The van der Waals surface area contributed by atoms with Crippen LogP contribution >= 0.6 is 23.2 Å². The van der Waals surface area contributed by atoms with Gasteiger partial charge in [0, 0.05) is 12.1 Å². The van der Waals surface area contributed by atoms with E-state index in [2.05, 4.69) is 0 Å². The third-order valence-electron chi connectivity index (χ3n) is 2.18. The average Bonchev–Trinajstić information content (AvgIpc) is 2.43. The van der Waals surface area contributed by atoms with Crippen molar-refractivity contribution in [3.05, 3.63) is 44.0 Å². The van der Waals surface area contributed by atoms with Gasteiger partial charge in [-0.15, -0.1) is 23.2 Å². The number of nitro benzene ring substituents is 2. The Morgan fingerprint density at radius 3 is 1.90 bits per heavy atom. The zero-order chi connectivity index (χ0) is 15.3. The summed E-state index contributed by atoms with van der Waals surface area (Å²) in [6.07, 6.45) is -0.788. The molecule has 0 amide bonds. The second-order valence-corrected chi connectivity index (χ2v) is 4.21. The maximum atomic E-state index is 11.7. The van der Waals surface area contributed by atoms with Crippen LogP contribution in [0.2, 0.25) is 0 Å². The number of esters is 1. The molecule has 0 fully saturated rings. The fourth-order valence-corrected chi connectivity index (χ4v) is 1.70. The van der Waals surface area contributed by atoms with Crippen molar-refractivity contribution >= 4 is 40.5 Å². The first-order valence-corrected chi connectivity index (χ1v) is 6.22. The van der Waals surface area contributed by atoms with Gasteiger partial charge in [-0.25, -0.2) is 4.79 Å². The van der Waals surface area contributed by atoms with Gasteiger partial charge in [0.2, 0.25) is 0 Å². The van der Waals surface area contributed by atoms with E-state index in [0.717, 1.165) is 18.2 Å². The van der Waals surface area contributed by atoms with Crippen LogP contribution in [-0.4, -0.2) is 33.7 Å². The number of rotatable bonds is 6. The summed E-state index contributed by atoms with van der Waals surface area (Å²) < 4.78 is 4.86. The number of alkyl halides is 2. The first-order valence-electron chi connectivity index (χ1n) is 5.15. The first-order chi connectivity index (χ1) is 9.38. The Labute approximate surface area is 122 Å². The zero-order valence-corrected chi connectivity index (χ0v) is 11.3. The SMILES string of the molecule is O=C(OC(CCl)CCl)c1cc([N+](=O)[O-])cc([N+](=O)[O-])c1. The van der Waals surface area contributed by atoms with E-state index in [-0.39, 0.29) is 17.3 Å². The number of nitrogens with zero attached hydrogens (tertiary/aromatic N) is 2. The molecule has 0 heterocycles. The van der Waals surface area contributed by atoms with E-state index < -0.39 is 33.3 Å². The van der Waals surface area contributed by atoms with Gasteiger partial charge in [0.05, 0.1) is 33.2 Å². The van der Waals surface area contributed by atoms with Crippen LogP contribution in [0.5, 0.6) is 0 Å². The van der Waals surface area contributed by atoms with Gasteiger partial charge in [-0.1, -0.05) is 0 Å². The van der Waals surface area contributed by atoms with Crippen LogP contribution in [0.15, 0.2) is 18.2 Å². The second-order valence-electron chi connectivity index (χ2n) is 3.59. The lowest BCUT2D eigenvalue weighted by Crippen LogP contribution is -2.21. The smallest absolute Gasteiger partial charge is 0.338 e. The minimum absolute atomic E-state index is 0.0632. The molecule has 0 N–H and O–H groups in total. The summed E-state index contributed by atoms with van der Waals surface area (Å²) in [6, 6.07) is 2.51. The van der Waals surface area contributed by atoms with Gasteiger partial charge >= 0.3 is 5.97 Å². The molecule has 20 heavy (non-hydrogen) atoms. The molecule has 0 unspecified atom stereocenters. The number of hydrogen-bond acceptors (Lipinski definition) is 6. The van der Waals surface area contributed by atoms with Gasteiger partial charge in [-0.3, -0.25) is 20.2 Å². The van der Waals surface area contributed by atoms with Crippen molar-refractivity contribution in [2.45, 2.75) is 6.10 Å². The summed E-state index contributed by atoms with van der Waals surface area (Å²) in [4.78, 5) is 31.4. The molecular weight excluding hydrogens is 315 g/mol. The van der Waals surface area contributed by atoms with E-state index in [1.54, 1.807) is 0 Å². The number of non-ortho nitro benzene ring substituents is 2. The Bertz CT molecular complexity index is 514. The molecule has 8 nitrogen and oxygen atoms in total. The lowest BCUT2D eigenvalue weighted by Gasteiger charge is -2.11. The molecule has 0 aliphatic heterocycles. The molecule has 0 saturated carbocycles. The van der Waals surface area contributed by atoms with Gasteiger partial charge in [0.1, 0.15) is 6.10 Å². The molecule has 108 valence electrons. The third-order valence-corrected chi connectivity index (χ3v) is 2.87. The Balaban J connectivity index is 3.13. The number of carbonyl (C=O) groups excluding carboxylic acids is 1. The molecule has 0 bridgehead atoms. The predicted octanol–water partition coefficient (Wildman–Crippen LogP) is 2.51. The quantitative estimate of drug-likeness (QED) is 0.344. The molecule has 0 atom stereocenters. The monoisotopic (exact) mass is 322 g/mol. The molecule has 1 aromatic carbocycles. The highest BCUT2D eigenvalue weighted by Gasteiger charge is 2.22. The lowest BCUT2D eigenvalue weighted by atomic mass is 10.2. The number of halogens is 2. The zero-order valence-electron chi connectivity index (χ0n) is 9.82. The number of ether oxygens (including phenoxy) is 1. The average molecular weight is 323 g/mol. The van der Waals surface area contributed by atoms with Crippen molar-refractivity contribution in [2.24, 2.45) is 0 Å². The van der Waals surface area contributed by atoms with E-state index in [1.165, 1.54) is 0 Å². The molecule has 0 saturated heterocycles. The van der Waals surface area contributed by atoms with Gasteiger partial charge < -0.3 is 4.74 Å². The number of hydrogen-bond donors (Lipinski definition) is 0. The minimum Gasteiger partial charge on any atom is -0.456 e. The van der Waals surface area contributed by atoms with Crippen molar-refractivity contribution < 1.29 is 19.4 Å². The number of benzene rings is 1. The van der Waals surface area contributed by atoms with Crippen LogP contribution in [0.1, 0.15) is 10.4 Å². The van der Waals surface area contributed by atoms with Gasteiger partial charge in [-0.2, -0.15) is 0 Å². The maximum absolute atomic E-state index is 11.7. The van der Waals surface area contributed by atoms with Gasteiger partial charge in [0.25, 0.3) is 11.4 Å². The van der Waals surface area contributed by atoms with E-state index in [9.17, 15) is 25.0 Å². The van der Waals surface area contributed by atoms with Crippen LogP contribution in [0.3, 0.4) is 0 Å². The largest absolute Gasteiger partial charge is 0.456 e. The molecule has 0 radical (unpaired) electrons. The minimum atomic E-state index is -0.969. The number of carbonyl (C=O) groups is 1. The highest BCUT2D eigenvalue weighted by Crippen LogP contribution is 2.23. The van der Waals surface area contributed by atoms with E-state index in [0.29, 0.717) is 0 Å². The van der Waals surface area contributed by atoms with Crippen molar-refractivity contribution in [3.8, 4) is 0 Å². The Hall–Kier alpha value is -1.93. The predicted molar refractivity (Wildman–Crippen MR) is 70.4 cm³/mol. The highest BCUT2D eigenvalue weighted by atomic mass is 35.5. The standard InChI is InChI=1S/C10H8Cl2N2O6/c11-4-9(5-12)20-10(15)6-1-7(13(16)17)3-8(2-6)14(18)19/h1-3,9H,4-5H2. The third kappa shape index (κ3) is 4.04. The summed E-state index contributed by atoms with van der Waals surface area (Å²) in [5.74, 6) is -1.10. The van der Waals surface area contributed by atoms with E-state index in [1.807, 2.05) is 0 Å². The normalized spacial score (nSPS) is 10.3. The van der Waals surface area contributed by atoms with Crippen LogP contribution in [0.4, 0.5) is 11.4 Å². The second kappa shape index (κ2) is 7.01. The molecule has 0 aliphatic carbocycles. The highest BCUT2D eigenvalue weighted by molar-refractivity contribution is 6.21. The Kier molecular flexibility index (Phi) is 5.66. The van der Waals surface area contributed by atoms with Crippen LogP contribution in [0.25, 0.3) is 0 Å². The maximum Gasteiger partial charge on any atom is 0.338 e. The molecular formula is C10H8Cl2N2O6. The van der Waals surface area contributed by atoms with Crippen molar-refractivity contribution in [1.82, 2.24) is 0 Å². The van der Waals surface area contributed by atoms with Gasteiger partial charge in [0.15, 0.2) is 0 Å². The fraction of sp³-hybridized carbons (Fsp3) is 0.300. The Morgan fingerprint density at radius 2 is 1.55 bits per heavy atom. The lowest BCUT2D eigenvalue weighted by molar-refractivity contribution is -0.394. The van der Waals surface area contributed by atoms with Crippen molar-refractivity contribution in [1.29, 1.82) is 0 Å². The summed E-state index contributed by atoms with van der Waals surface area (Å²) in [6.45, 7) is 0. The van der Waals surface area contributed by atoms with Crippen LogP contribution in [0, 0.1) is 20.2 Å². The molecule has 10 heteroatoms. The summed E-state index contributed by atoms with van der Waals surface area (Å²) in [5, 5.41) is 21.3. The van der Waals surface area contributed by atoms with Crippen LogP contribution < -0.4 is 0 Å². The summed E-state index contributed by atoms with van der Waals surface area (Å²) in [5.41, 5.74) is -1.48. The first kappa shape index (κ1) is 16.1. The summed E-state index contributed by atoms with van der Waals surface area (Å²) in [7, 11) is 0. The van der Waals surface area contributed by atoms with Crippen molar-refractivity contribution in [2.75, 3.05) is 11.8 Å². The van der Waals surface area contributed by atoms with Gasteiger partial charge in [-0.05, 0) is 0 Å². The van der Waals surface area contributed by atoms with Crippen molar-refractivity contribution in [3.63, 3.8) is 0 Å². The molecule has 1 aromatic rings. The van der Waals surface area contributed by atoms with Crippen LogP contribution in [-0.2, 0) is 4.74 Å². The molecule has 0 aromatic heterocycles. The van der Waals surface area contributed by atoms with E-state index >= 15 is 0 Å². The topological polar surface area (TPSA) is 113 Å². The molecule has 0 spiro atoms.